The lowest BCUT2D eigenvalue weighted by Gasteiger charge is -2.10. The summed E-state index contributed by atoms with van der Waals surface area (Å²) in [6.45, 7) is 1.86. The van der Waals surface area contributed by atoms with Crippen molar-refractivity contribution in [1.82, 2.24) is 20.2 Å². The topological polar surface area (TPSA) is 72.2 Å². The summed E-state index contributed by atoms with van der Waals surface area (Å²) in [7, 11) is 0. The Hall–Kier alpha value is -3.71. The quantitative estimate of drug-likeness (QED) is 0.266. The van der Waals surface area contributed by atoms with Gasteiger partial charge in [-0.25, -0.2) is 5.43 Å². The van der Waals surface area contributed by atoms with E-state index in [1.54, 1.807) is 0 Å². The molecular formula is C24H21N5OS. The molecule has 1 amide bonds. The van der Waals surface area contributed by atoms with Crippen LogP contribution in [0.5, 0.6) is 0 Å². The van der Waals surface area contributed by atoms with Crippen molar-refractivity contribution >= 4 is 23.4 Å². The molecule has 6 nitrogen and oxygen atoms in total. The number of hydrogen-bond acceptors (Lipinski definition) is 5. The van der Waals surface area contributed by atoms with Crippen LogP contribution in [0.4, 0.5) is 0 Å². The molecule has 0 unspecified atom stereocenters. The summed E-state index contributed by atoms with van der Waals surface area (Å²) in [5.41, 5.74) is 6.23. The number of carbonyl (C=O) groups excluding carboxylic acids is 1. The van der Waals surface area contributed by atoms with E-state index in [9.17, 15) is 4.79 Å². The molecule has 7 heteroatoms. The number of benzene rings is 3. The van der Waals surface area contributed by atoms with Crippen LogP contribution in [0.25, 0.3) is 17.1 Å². The highest BCUT2D eigenvalue weighted by atomic mass is 32.2. The predicted octanol–water partition coefficient (Wildman–Crippen LogP) is 4.57. The molecule has 1 N–H and O–H groups in total. The van der Waals surface area contributed by atoms with E-state index in [0.717, 1.165) is 28.4 Å². The molecule has 1 heterocycles. The van der Waals surface area contributed by atoms with Crippen molar-refractivity contribution in [3.05, 3.63) is 96.6 Å². The van der Waals surface area contributed by atoms with Gasteiger partial charge in [0.25, 0.3) is 5.91 Å². The van der Waals surface area contributed by atoms with Crippen molar-refractivity contribution in [2.75, 3.05) is 5.75 Å². The van der Waals surface area contributed by atoms with Crippen LogP contribution in [0.2, 0.25) is 0 Å². The summed E-state index contributed by atoms with van der Waals surface area (Å²) >= 11 is 1.32. The van der Waals surface area contributed by atoms with E-state index in [2.05, 4.69) is 20.7 Å². The largest absolute Gasteiger partial charge is 0.272 e. The van der Waals surface area contributed by atoms with E-state index in [-0.39, 0.29) is 11.7 Å². The maximum atomic E-state index is 12.4. The first-order valence-corrected chi connectivity index (χ1v) is 10.8. The van der Waals surface area contributed by atoms with E-state index >= 15 is 0 Å². The number of hydrazone groups is 1. The van der Waals surface area contributed by atoms with Gasteiger partial charge in [-0.2, -0.15) is 5.10 Å². The molecule has 0 aliphatic rings. The Morgan fingerprint density at radius 3 is 2.19 bits per heavy atom. The Kier molecular flexibility index (Phi) is 6.54. The van der Waals surface area contributed by atoms with Crippen LogP contribution in [0.3, 0.4) is 0 Å². The molecule has 1 aromatic heterocycles. The Bertz CT molecular complexity index is 1170. The van der Waals surface area contributed by atoms with Crippen LogP contribution >= 0.6 is 11.8 Å². The third-order valence-electron chi connectivity index (χ3n) is 4.55. The Labute approximate surface area is 185 Å². The van der Waals surface area contributed by atoms with Crippen molar-refractivity contribution in [3.63, 3.8) is 0 Å². The van der Waals surface area contributed by atoms with Gasteiger partial charge in [-0.3, -0.25) is 9.36 Å². The highest BCUT2D eigenvalue weighted by Gasteiger charge is 2.17. The minimum absolute atomic E-state index is 0.172. The minimum atomic E-state index is -0.204. The second-order valence-corrected chi connectivity index (χ2v) is 7.67. The summed E-state index contributed by atoms with van der Waals surface area (Å²) in [6, 6.07) is 29.5. The number of thioether (sulfide) groups is 1. The summed E-state index contributed by atoms with van der Waals surface area (Å²) < 4.78 is 1.96. The third kappa shape index (κ3) is 5.07. The van der Waals surface area contributed by atoms with Gasteiger partial charge in [-0.15, -0.1) is 10.2 Å². The van der Waals surface area contributed by atoms with Crippen LogP contribution in [0.1, 0.15) is 12.5 Å². The van der Waals surface area contributed by atoms with Crippen molar-refractivity contribution in [2.24, 2.45) is 5.10 Å². The molecule has 4 rings (SSSR count). The van der Waals surface area contributed by atoms with Gasteiger partial charge >= 0.3 is 0 Å². The molecule has 0 saturated carbocycles. The number of hydrogen-bond donors (Lipinski definition) is 1. The first-order valence-electron chi connectivity index (χ1n) is 9.80. The molecule has 0 atom stereocenters. The fourth-order valence-corrected chi connectivity index (χ4v) is 3.74. The van der Waals surface area contributed by atoms with Gasteiger partial charge in [0.1, 0.15) is 0 Å². The average molecular weight is 428 g/mol. The van der Waals surface area contributed by atoms with Gasteiger partial charge in [0.15, 0.2) is 11.0 Å². The van der Waals surface area contributed by atoms with Crippen molar-refractivity contribution < 1.29 is 4.79 Å². The Balaban J connectivity index is 1.51. The number of nitrogens with zero attached hydrogens (tertiary/aromatic N) is 4. The molecule has 3 aromatic carbocycles. The van der Waals surface area contributed by atoms with Gasteiger partial charge in [-0.1, -0.05) is 90.6 Å². The van der Waals surface area contributed by atoms with Crippen LogP contribution in [0, 0.1) is 0 Å². The summed E-state index contributed by atoms with van der Waals surface area (Å²) in [4.78, 5) is 12.4. The molecule has 0 saturated heterocycles. The smallest absolute Gasteiger partial charge is 0.250 e. The first kappa shape index (κ1) is 20.6. The molecule has 31 heavy (non-hydrogen) atoms. The maximum Gasteiger partial charge on any atom is 0.250 e. The number of carbonyl (C=O) groups is 1. The SMILES string of the molecule is C/C(=N\NC(=O)CSc1nnc(-c2ccccc2)n1-c1ccccc1)c1ccccc1. The molecule has 0 aliphatic carbocycles. The number of aromatic nitrogens is 3. The Morgan fingerprint density at radius 2 is 1.52 bits per heavy atom. The average Bonchev–Trinajstić information content (AvgIpc) is 3.27. The molecular weight excluding hydrogens is 406 g/mol. The van der Waals surface area contributed by atoms with Crippen molar-refractivity contribution in [3.8, 4) is 17.1 Å². The van der Waals surface area contributed by atoms with E-state index in [0.29, 0.717) is 5.16 Å². The molecule has 0 spiro atoms. The normalized spacial score (nSPS) is 11.3. The van der Waals surface area contributed by atoms with Crippen molar-refractivity contribution in [1.29, 1.82) is 0 Å². The highest BCUT2D eigenvalue weighted by molar-refractivity contribution is 7.99. The zero-order chi connectivity index (χ0) is 21.5. The standard InChI is InChI=1S/C24H21N5OS/c1-18(19-11-5-2-6-12-19)25-26-22(30)17-31-24-28-27-23(20-13-7-3-8-14-20)29(24)21-15-9-4-10-16-21/h2-16H,17H2,1H3,(H,26,30)/b25-18+. The van der Waals surface area contributed by atoms with Crippen molar-refractivity contribution in [2.45, 2.75) is 12.1 Å². The zero-order valence-electron chi connectivity index (χ0n) is 17.0. The fourth-order valence-electron chi connectivity index (χ4n) is 3.00. The maximum absolute atomic E-state index is 12.4. The van der Waals surface area contributed by atoms with Crippen LogP contribution in [-0.4, -0.2) is 32.1 Å². The molecule has 4 aromatic rings. The fraction of sp³-hybridized carbons (Fsp3) is 0.0833. The lowest BCUT2D eigenvalue weighted by Crippen LogP contribution is -2.21. The minimum Gasteiger partial charge on any atom is -0.272 e. The van der Waals surface area contributed by atoms with E-state index < -0.39 is 0 Å². The highest BCUT2D eigenvalue weighted by Crippen LogP contribution is 2.27. The van der Waals surface area contributed by atoms with E-state index in [1.807, 2.05) is 102 Å². The second-order valence-electron chi connectivity index (χ2n) is 6.73. The van der Waals surface area contributed by atoms with Gasteiger partial charge in [0, 0.05) is 11.3 Å². The van der Waals surface area contributed by atoms with Gasteiger partial charge < -0.3 is 0 Å². The molecule has 0 bridgehead atoms. The van der Waals surface area contributed by atoms with Crippen LogP contribution in [-0.2, 0) is 4.79 Å². The van der Waals surface area contributed by atoms with Crippen LogP contribution in [0.15, 0.2) is 101 Å². The molecule has 0 radical (unpaired) electrons. The number of amides is 1. The number of rotatable bonds is 7. The van der Waals surface area contributed by atoms with Gasteiger partial charge in [0.2, 0.25) is 0 Å². The second kappa shape index (κ2) is 9.86. The lowest BCUT2D eigenvalue weighted by molar-refractivity contribution is -0.118. The summed E-state index contributed by atoms with van der Waals surface area (Å²) in [6.07, 6.45) is 0. The molecule has 0 aliphatic heterocycles. The lowest BCUT2D eigenvalue weighted by atomic mass is 10.1. The monoisotopic (exact) mass is 427 g/mol. The predicted molar refractivity (Wildman–Crippen MR) is 124 cm³/mol. The number of nitrogens with one attached hydrogen (secondary N) is 1. The Morgan fingerprint density at radius 1 is 0.903 bits per heavy atom. The van der Waals surface area contributed by atoms with Crippen LogP contribution < -0.4 is 5.43 Å². The number of para-hydroxylation sites is 1. The zero-order valence-corrected chi connectivity index (χ0v) is 17.8. The summed E-state index contributed by atoms with van der Waals surface area (Å²) in [5.74, 6) is 0.697. The third-order valence-corrected chi connectivity index (χ3v) is 5.48. The summed E-state index contributed by atoms with van der Waals surface area (Å²) in [5, 5.41) is 13.6. The molecule has 154 valence electrons. The van der Waals surface area contributed by atoms with E-state index in [4.69, 9.17) is 0 Å². The van der Waals surface area contributed by atoms with E-state index in [1.165, 1.54) is 11.8 Å². The first-order chi connectivity index (χ1) is 15.2. The van der Waals surface area contributed by atoms with Gasteiger partial charge in [-0.05, 0) is 24.6 Å². The van der Waals surface area contributed by atoms with Gasteiger partial charge in [0.05, 0.1) is 11.5 Å². The molecule has 0 fully saturated rings.